The molecule has 0 bridgehead atoms. The zero-order valence-corrected chi connectivity index (χ0v) is 14.3. The Hall–Kier alpha value is -2.95. The van der Waals surface area contributed by atoms with Crippen molar-refractivity contribution >= 4 is 11.6 Å². The zero-order valence-electron chi connectivity index (χ0n) is 14.3. The molecule has 4 rings (SSSR count). The first-order valence-corrected chi connectivity index (χ1v) is 8.38. The van der Waals surface area contributed by atoms with Crippen LogP contribution >= 0.6 is 0 Å². The molecular weight excluding hydrogens is 314 g/mol. The number of aryl methyl sites for hydroxylation is 2. The molecule has 0 radical (unpaired) electrons. The number of carbonyl (C=O) groups excluding carboxylic acids is 1. The van der Waals surface area contributed by atoms with Crippen LogP contribution in [0.5, 0.6) is 0 Å². The third-order valence-corrected chi connectivity index (χ3v) is 4.54. The molecule has 5 nitrogen and oxygen atoms in total. The molecule has 1 aliphatic rings. The van der Waals surface area contributed by atoms with Gasteiger partial charge in [0.25, 0.3) is 0 Å². The minimum Gasteiger partial charge on any atom is -0.339 e. The molecule has 0 saturated carbocycles. The van der Waals surface area contributed by atoms with E-state index >= 15 is 0 Å². The maximum absolute atomic E-state index is 12.4. The van der Waals surface area contributed by atoms with E-state index in [1.807, 2.05) is 62.4 Å². The monoisotopic (exact) mass is 333 g/mol. The molecule has 25 heavy (non-hydrogen) atoms. The normalized spacial score (nSPS) is 17.3. The predicted molar refractivity (Wildman–Crippen MR) is 95.4 cm³/mol. The van der Waals surface area contributed by atoms with Crippen molar-refractivity contribution in [2.75, 3.05) is 11.4 Å². The summed E-state index contributed by atoms with van der Waals surface area (Å²) in [5.74, 6) is 1.11. The van der Waals surface area contributed by atoms with Crippen LogP contribution in [-0.4, -0.2) is 22.6 Å². The summed E-state index contributed by atoms with van der Waals surface area (Å²) in [6.45, 7) is 4.63. The lowest BCUT2D eigenvalue weighted by Gasteiger charge is -2.16. The number of rotatable bonds is 3. The van der Waals surface area contributed by atoms with Gasteiger partial charge in [-0.15, -0.1) is 0 Å². The molecular formula is C20H19N3O2. The van der Waals surface area contributed by atoms with E-state index in [1.54, 1.807) is 4.90 Å². The Morgan fingerprint density at radius 1 is 1.08 bits per heavy atom. The van der Waals surface area contributed by atoms with E-state index < -0.39 is 0 Å². The Morgan fingerprint density at radius 3 is 2.64 bits per heavy atom. The third kappa shape index (κ3) is 3.05. The first-order chi connectivity index (χ1) is 12.1. The van der Waals surface area contributed by atoms with Crippen molar-refractivity contribution in [3.05, 3.63) is 65.5 Å². The fourth-order valence-electron chi connectivity index (χ4n) is 3.15. The summed E-state index contributed by atoms with van der Waals surface area (Å²) >= 11 is 0. The van der Waals surface area contributed by atoms with Gasteiger partial charge in [0.1, 0.15) is 0 Å². The lowest BCUT2D eigenvalue weighted by molar-refractivity contribution is -0.117. The van der Waals surface area contributed by atoms with E-state index in [-0.39, 0.29) is 11.8 Å². The topological polar surface area (TPSA) is 59.2 Å². The standard InChI is InChI=1S/C20H19N3O2/c1-13-6-8-17(9-7-13)23-12-16(11-18(23)24)20-21-19(22-25-20)15-5-3-4-14(2)10-15/h3-10,16H,11-12H2,1-2H3/t16-/m0/s1. The van der Waals surface area contributed by atoms with Gasteiger partial charge in [-0.2, -0.15) is 4.98 Å². The molecule has 126 valence electrons. The van der Waals surface area contributed by atoms with Crippen LogP contribution in [0.25, 0.3) is 11.4 Å². The van der Waals surface area contributed by atoms with Crippen LogP contribution in [0.3, 0.4) is 0 Å². The molecule has 1 atom stereocenters. The SMILES string of the molecule is Cc1ccc(N2C[C@@H](c3nc(-c4cccc(C)c4)no3)CC2=O)cc1. The van der Waals surface area contributed by atoms with Crippen molar-refractivity contribution in [1.82, 2.24) is 10.1 Å². The number of hydrogen-bond acceptors (Lipinski definition) is 4. The fraction of sp³-hybridized carbons (Fsp3) is 0.250. The highest BCUT2D eigenvalue weighted by atomic mass is 16.5. The van der Waals surface area contributed by atoms with Crippen molar-refractivity contribution in [3.63, 3.8) is 0 Å². The second-order valence-electron chi connectivity index (χ2n) is 6.57. The van der Waals surface area contributed by atoms with Crippen molar-refractivity contribution in [3.8, 4) is 11.4 Å². The highest BCUT2D eigenvalue weighted by Gasteiger charge is 2.35. The number of nitrogens with zero attached hydrogens (tertiary/aromatic N) is 3. The summed E-state index contributed by atoms with van der Waals surface area (Å²) in [7, 11) is 0. The maximum atomic E-state index is 12.4. The van der Waals surface area contributed by atoms with Crippen LogP contribution in [0.15, 0.2) is 53.1 Å². The van der Waals surface area contributed by atoms with Gasteiger partial charge in [-0.1, -0.05) is 46.6 Å². The molecule has 1 amide bonds. The van der Waals surface area contributed by atoms with E-state index in [1.165, 1.54) is 5.56 Å². The summed E-state index contributed by atoms with van der Waals surface area (Å²) in [6.07, 6.45) is 0.392. The predicted octanol–water partition coefficient (Wildman–Crippen LogP) is 3.87. The van der Waals surface area contributed by atoms with Gasteiger partial charge in [0.2, 0.25) is 17.6 Å². The Bertz CT molecular complexity index is 915. The summed E-state index contributed by atoms with van der Waals surface area (Å²) in [4.78, 5) is 18.7. The van der Waals surface area contributed by atoms with Crippen LogP contribution in [0, 0.1) is 13.8 Å². The molecule has 1 aliphatic heterocycles. The van der Waals surface area contributed by atoms with Gasteiger partial charge >= 0.3 is 0 Å². The first-order valence-electron chi connectivity index (χ1n) is 8.38. The van der Waals surface area contributed by atoms with Gasteiger partial charge in [-0.3, -0.25) is 4.79 Å². The molecule has 1 saturated heterocycles. The van der Waals surface area contributed by atoms with Gasteiger partial charge in [0, 0.05) is 24.2 Å². The lowest BCUT2D eigenvalue weighted by atomic mass is 10.1. The van der Waals surface area contributed by atoms with E-state index in [0.29, 0.717) is 24.7 Å². The molecule has 0 N–H and O–H groups in total. The largest absolute Gasteiger partial charge is 0.339 e. The summed E-state index contributed by atoms with van der Waals surface area (Å²) in [5, 5.41) is 4.09. The molecule has 3 aromatic rings. The number of anilines is 1. The highest BCUT2D eigenvalue weighted by Crippen LogP contribution is 2.32. The lowest BCUT2D eigenvalue weighted by Crippen LogP contribution is -2.24. The summed E-state index contributed by atoms with van der Waals surface area (Å²) < 4.78 is 5.45. The summed E-state index contributed by atoms with van der Waals surface area (Å²) in [5.41, 5.74) is 4.16. The third-order valence-electron chi connectivity index (χ3n) is 4.54. The summed E-state index contributed by atoms with van der Waals surface area (Å²) in [6, 6.07) is 16.0. The highest BCUT2D eigenvalue weighted by molar-refractivity contribution is 5.96. The number of amides is 1. The molecule has 2 aromatic carbocycles. The second kappa shape index (κ2) is 6.16. The van der Waals surface area contributed by atoms with Gasteiger partial charge in [-0.25, -0.2) is 0 Å². The minimum atomic E-state index is -0.0696. The number of hydrogen-bond donors (Lipinski definition) is 0. The molecule has 0 spiro atoms. The molecule has 0 aliphatic carbocycles. The van der Waals surface area contributed by atoms with Crippen LogP contribution in [0.1, 0.15) is 29.4 Å². The van der Waals surface area contributed by atoms with Crippen molar-refractivity contribution in [2.45, 2.75) is 26.2 Å². The van der Waals surface area contributed by atoms with Gasteiger partial charge in [0.15, 0.2) is 0 Å². The average Bonchev–Trinajstić information content (AvgIpc) is 3.23. The van der Waals surface area contributed by atoms with E-state index in [2.05, 4.69) is 10.1 Å². The Morgan fingerprint density at radius 2 is 1.88 bits per heavy atom. The average molecular weight is 333 g/mol. The zero-order chi connectivity index (χ0) is 17.4. The maximum Gasteiger partial charge on any atom is 0.232 e. The van der Waals surface area contributed by atoms with E-state index in [4.69, 9.17) is 4.52 Å². The van der Waals surface area contributed by atoms with Crippen LogP contribution in [0.4, 0.5) is 5.69 Å². The number of aromatic nitrogens is 2. The molecule has 2 heterocycles. The quantitative estimate of drug-likeness (QED) is 0.730. The fourth-order valence-corrected chi connectivity index (χ4v) is 3.15. The van der Waals surface area contributed by atoms with Gasteiger partial charge in [-0.05, 0) is 32.0 Å². The number of benzene rings is 2. The van der Waals surface area contributed by atoms with Crippen molar-refractivity contribution < 1.29 is 9.32 Å². The van der Waals surface area contributed by atoms with Crippen LogP contribution in [-0.2, 0) is 4.79 Å². The Labute approximate surface area is 146 Å². The van der Waals surface area contributed by atoms with Crippen LogP contribution < -0.4 is 4.90 Å². The molecule has 1 aromatic heterocycles. The molecule has 5 heteroatoms. The Balaban J connectivity index is 1.55. The van der Waals surface area contributed by atoms with E-state index in [0.717, 1.165) is 16.8 Å². The van der Waals surface area contributed by atoms with Gasteiger partial charge < -0.3 is 9.42 Å². The van der Waals surface area contributed by atoms with Crippen molar-refractivity contribution in [1.29, 1.82) is 0 Å². The van der Waals surface area contributed by atoms with Crippen LogP contribution in [0.2, 0.25) is 0 Å². The molecule has 0 unspecified atom stereocenters. The number of carbonyl (C=O) groups is 1. The second-order valence-corrected chi connectivity index (χ2v) is 6.57. The first kappa shape index (κ1) is 15.6. The van der Waals surface area contributed by atoms with Crippen molar-refractivity contribution in [2.24, 2.45) is 0 Å². The van der Waals surface area contributed by atoms with E-state index in [9.17, 15) is 4.79 Å². The minimum absolute atomic E-state index is 0.0696. The molecule has 1 fully saturated rings. The smallest absolute Gasteiger partial charge is 0.232 e. The van der Waals surface area contributed by atoms with Gasteiger partial charge in [0.05, 0.1) is 5.92 Å². The Kier molecular flexibility index (Phi) is 3.84.